The van der Waals surface area contributed by atoms with Crippen LogP contribution in [0.4, 0.5) is 11.4 Å². The topological polar surface area (TPSA) is 74.2 Å². The number of benzene rings is 2. The number of aryl methyl sites for hydroxylation is 1. The average Bonchev–Trinajstić information content (AvgIpc) is 2.55. The van der Waals surface area contributed by atoms with Crippen molar-refractivity contribution in [1.29, 1.82) is 5.26 Å². The molecular weight excluding hydrogens is 290 g/mol. The first-order valence-electron chi connectivity index (χ1n) is 7.25. The van der Waals surface area contributed by atoms with Crippen LogP contribution in [-0.4, -0.2) is 19.1 Å². The Balaban J connectivity index is 2.08. The largest absolute Gasteiger partial charge is 0.495 e. The van der Waals surface area contributed by atoms with E-state index >= 15 is 0 Å². The van der Waals surface area contributed by atoms with Gasteiger partial charge in [0.1, 0.15) is 11.8 Å². The molecule has 0 aliphatic rings. The van der Waals surface area contributed by atoms with E-state index in [9.17, 15) is 4.79 Å². The number of ether oxygens (including phenoxy) is 1. The zero-order chi connectivity index (χ0) is 16.8. The molecule has 0 aliphatic carbocycles. The van der Waals surface area contributed by atoms with Gasteiger partial charge in [0, 0.05) is 5.69 Å². The second-order valence-corrected chi connectivity index (χ2v) is 5.25. The van der Waals surface area contributed by atoms with E-state index in [4.69, 9.17) is 10.00 Å². The fourth-order valence-electron chi connectivity index (χ4n) is 2.15. The Morgan fingerprint density at radius 3 is 2.74 bits per heavy atom. The fraction of sp³-hybridized carbons (Fsp3) is 0.222. The lowest BCUT2D eigenvalue weighted by Crippen LogP contribution is -2.32. The molecule has 0 aliphatic heterocycles. The van der Waals surface area contributed by atoms with Crippen LogP contribution in [0.15, 0.2) is 42.5 Å². The van der Waals surface area contributed by atoms with Crippen molar-refractivity contribution < 1.29 is 9.53 Å². The molecule has 0 radical (unpaired) electrons. The van der Waals surface area contributed by atoms with Gasteiger partial charge in [-0.05, 0) is 49.7 Å². The fourth-order valence-corrected chi connectivity index (χ4v) is 2.15. The van der Waals surface area contributed by atoms with Gasteiger partial charge in [-0.25, -0.2) is 0 Å². The number of hydrogen-bond acceptors (Lipinski definition) is 4. The van der Waals surface area contributed by atoms with Gasteiger partial charge in [0.2, 0.25) is 5.91 Å². The molecule has 1 amide bonds. The Kier molecular flexibility index (Phi) is 5.21. The Morgan fingerprint density at radius 1 is 1.26 bits per heavy atom. The van der Waals surface area contributed by atoms with Crippen LogP contribution in [0.5, 0.6) is 5.75 Å². The number of methoxy groups -OCH3 is 1. The molecule has 2 aromatic rings. The number of carbonyl (C=O) groups is 1. The van der Waals surface area contributed by atoms with E-state index in [2.05, 4.69) is 10.6 Å². The van der Waals surface area contributed by atoms with Crippen LogP contribution in [0.3, 0.4) is 0 Å². The number of nitriles is 1. The molecule has 0 unspecified atom stereocenters. The summed E-state index contributed by atoms with van der Waals surface area (Å²) in [6, 6.07) is 14.1. The van der Waals surface area contributed by atoms with E-state index < -0.39 is 6.04 Å². The highest BCUT2D eigenvalue weighted by molar-refractivity contribution is 5.96. The van der Waals surface area contributed by atoms with Crippen molar-refractivity contribution in [2.24, 2.45) is 0 Å². The third-order valence-electron chi connectivity index (χ3n) is 3.38. The summed E-state index contributed by atoms with van der Waals surface area (Å²) in [5, 5.41) is 14.8. The minimum atomic E-state index is -0.462. The summed E-state index contributed by atoms with van der Waals surface area (Å²) in [5.74, 6) is 0.491. The monoisotopic (exact) mass is 309 g/mol. The third kappa shape index (κ3) is 4.24. The van der Waals surface area contributed by atoms with E-state index in [1.165, 1.54) is 0 Å². The van der Waals surface area contributed by atoms with Crippen LogP contribution >= 0.6 is 0 Å². The van der Waals surface area contributed by atoms with E-state index in [1.807, 2.05) is 31.2 Å². The van der Waals surface area contributed by atoms with Crippen LogP contribution in [0, 0.1) is 18.3 Å². The Hall–Kier alpha value is -3.00. The second kappa shape index (κ2) is 7.32. The lowest BCUT2D eigenvalue weighted by Gasteiger charge is -2.18. The Morgan fingerprint density at radius 2 is 2.04 bits per heavy atom. The standard InChI is InChI=1S/C18H19N3O2/c1-12-7-8-17(23-3)16(9-12)20-13(2)18(22)21-15-6-4-5-14(10-15)11-19/h4-10,13,20H,1-3H3,(H,21,22)/t13-/m0/s1. The highest BCUT2D eigenvalue weighted by Crippen LogP contribution is 2.26. The van der Waals surface area contributed by atoms with Crippen molar-refractivity contribution in [3.8, 4) is 11.8 Å². The zero-order valence-corrected chi connectivity index (χ0v) is 13.4. The maximum Gasteiger partial charge on any atom is 0.246 e. The number of rotatable bonds is 5. The van der Waals surface area contributed by atoms with Crippen LogP contribution in [0.25, 0.3) is 0 Å². The molecule has 0 saturated carbocycles. The Bertz CT molecular complexity index is 750. The van der Waals surface area contributed by atoms with Crippen molar-refractivity contribution in [1.82, 2.24) is 0 Å². The predicted molar refractivity (Wildman–Crippen MR) is 90.6 cm³/mol. The first kappa shape index (κ1) is 16.4. The molecule has 23 heavy (non-hydrogen) atoms. The summed E-state index contributed by atoms with van der Waals surface area (Å²) in [5.41, 5.74) is 2.94. The molecule has 0 aromatic heterocycles. The van der Waals surface area contributed by atoms with E-state index in [-0.39, 0.29) is 5.91 Å². The SMILES string of the molecule is COc1ccc(C)cc1N[C@@H](C)C(=O)Nc1cccc(C#N)c1. The van der Waals surface area contributed by atoms with Crippen LogP contribution in [0.2, 0.25) is 0 Å². The summed E-state index contributed by atoms with van der Waals surface area (Å²) in [7, 11) is 1.59. The van der Waals surface area contributed by atoms with Gasteiger partial charge in [0.25, 0.3) is 0 Å². The predicted octanol–water partition coefficient (Wildman–Crippen LogP) is 3.31. The van der Waals surface area contributed by atoms with Gasteiger partial charge >= 0.3 is 0 Å². The quantitative estimate of drug-likeness (QED) is 0.888. The Labute approximate surface area is 135 Å². The van der Waals surface area contributed by atoms with Crippen molar-refractivity contribution in [3.63, 3.8) is 0 Å². The molecule has 2 N–H and O–H groups in total. The molecular formula is C18H19N3O2. The first-order chi connectivity index (χ1) is 11.0. The maximum absolute atomic E-state index is 12.3. The second-order valence-electron chi connectivity index (χ2n) is 5.25. The van der Waals surface area contributed by atoms with Crippen molar-refractivity contribution >= 4 is 17.3 Å². The molecule has 0 fully saturated rings. The molecule has 0 heterocycles. The molecule has 1 atom stereocenters. The molecule has 2 rings (SSSR count). The van der Waals surface area contributed by atoms with Gasteiger partial charge in [-0.1, -0.05) is 12.1 Å². The normalized spacial score (nSPS) is 11.2. The average molecular weight is 309 g/mol. The molecule has 0 spiro atoms. The number of anilines is 2. The van der Waals surface area contributed by atoms with Gasteiger partial charge in [0.05, 0.1) is 24.4 Å². The van der Waals surface area contributed by atoms with Crippen molar-refractivity contribution in [2.45, 2.75) is 19.9 Å². The van der Waals surface area contributed by atoms with Crippen LogP contribution in [-0.2, 0) is 4.79 Å². The van der Waals surface area contributed by atoms with Gasteiger partial charge < -0.3 is 15.4 Å². The lowest BCUT2D eigenvalue weighted by atomic mass is 10.1. The number of carbonyl (C=O) groups excluding carboxylic acids is 1. The molecule has 0 saturated heterocycles. The van der Waals surface area contributed by atoms with Gasteiger partial charge in [0.15, 0.2) is 0 Å². The summed E-state index contributed by atoms with van der Waals surface area (Å²) in [4.78, 5) is 12.3. The number of nitrogens with one attached hydrogen (secondary N) is 2. The minimum absolute atomic E-state index is 0.191. The molecule has 0 bridgehead atoms. The molecule has 5 nitrogen and oxygen atoms in total. The molecule has 118 valence electrons. The highest BCUT2D eigenvalue weighted by Gasteiger charge is 2.15. The van der Waals surface area contributed by atoms with E-state index in [0.29, 0.717) is 17.0 Å². The first-order valence-corrected chi connectivity index (χ1v) is 7.25. The zero-order valence-electron chi connectivity index (χ0n) is 13.4. The van der Waals surface area contributed by atoms with Gasteiger partial charge in [-0.2, -0.15) is 5.26 Å². The van der Waals surface area contributed by atoms with Gasteiger partial charge in [-0.3, -0.25) is 4.79 Å². The molecule has 5 heteroatoms. The third-order valence-corrected chi connectivity index (χ3v) is 3.38. The number of amides is 1. The smallest absolute Gasteiger partial charge is 0.246 e. The number of hydrogen-bond donors (Lipinski definition) is 2. The highest BCUT2D eigenvalue weighted by atomic mass is 16.5. The molecule has 2 aromatic carbocycles. The van der Waals surface area contributed by atoms with E-state index in [1.54, 1.807) is 38.3 Å². The van der Waals surface area contributed by atoms with Gasteiger partial charge in [-0.15, -0.1) is 0 Å². The van der Waals surface area contributed by atoms with Crippen LogP contribution < -0.4 is 15.4 Å². The summed E-state index contributed by atoms with van der Waals surface area (Å²) in [6.07, 6.45) is 0. The summed E-state index contributed by atoms with van der Waals surface area (Å²) < 4.78 is 5.30. The maximum atomic E-state index is 12.3. The van der Waals surface area contributed by atoms with E-state index in [0.717, 1.165) is 11.3 Å². The summed E-state index contributed by atoms with van der Waals surface area (Å²) >= 11 is 0. The lowest BCUT2D eigenvalue weighted by molar-refractivity contribution is -0.116. The van der Waals surface area contributed by atoms with Crippen molar-refractivity contribution in [2.75, 3.05) is 17.7 Å². The minimum Gasteiger partial charge on any atom is -0.495 e. The van der Waals surface area contributed by atoms with Crippen LogP contribution in [0.1, 0.15) is 18.1 Å². The number of nitrogens with zero attached hydrogens (tertiary/aromatic N) is 1. The van der Waals surface area contributed by atoms with Crippen molar-refractivity contribution in [3.05, 3.63) is 53.6 Å². The summed E-state index contributed by atoms with van der Waals surface area (Å²) in [6.45, 7) is 3.74.